The van der Waals surface area contributed by atoms with Gasteiger partial charge in [0.15, 0.2) is 0 Å². The Labute approximate surface area is 112 Å². The number of nitrogens with zero attached hydrogens (tertiary/aromatic N) is 3. The number of nitrogens with two attached hydrogens (primary N) is 1. The molecular formula is C11H9ClN4OS. The lowest BCUT2D eigenvalue weighted by Crippen LogP contribution is -2.26. The van der Waals surface area contributed by atoms with Gasteiger partial charge >= 0.3 is 0 Å². The van der Waals surface area contributed by atoms with Crippen molar-refractivity contribution in [3.05, 3.63) is 34.5 Å². The molecule has 2 aromatic rings. The van der Waals surface area contributed by atoms with Crippen LogP contribution in [0.25, 0.3) is 0 Å². The summed E-state index contributed by atoms with van der Waals surface area (Å²) in [5.74, 6) is 0.0275. The molecule has 1 aromatic heterocycles. The maximum atomic E-state index is 12.0. The first-order valence-electron chi connectivity index (χ1n) is 5.30. The minimum atomic E-state index is 0.0275. The highest BCUT2D eigenvalue weighted by atomic mass is 35.5. The van der Waals surface area contributed by atoms with E-state index < -0.39 is 0 Å². The molecule has 2 heterocycles. The number of nitrogen functional groups attached to an aromatic ring is 1. The van der Waals surface area contributed by atoms with Gasteiger partial charge in [-0.3, -0.25) is 4.79 Å². The molecule has 1 amide bonds. The van der Waals surface area contributed by atoms with Crippen LogP contribution in [0.1, 0.15) is 11.3 Å². The van der Waals surface area contributed by atoms with E-state index in [1.807, 2.05) is 6.07 Å². The fourth-order valence-corrected chi connectivity index (χ4v) is 2.58. The molecule has 1 aromatic carbocycles. The minimum Gasteiger partial charge on any atom is -0.388 e. The van der Waals surface area contributed by atoms with E-state index in [1.165, 1.54) is 0 Å². The Morgan fingerprint density at radius 3 is 3.06 bits per heavy atom. The number of amides is 1. The monoisotopic (exact) mass is 280 g/mol. The summed E-state index contributed by atoms with van der Waals surface area (Å²) in [4.78, 5) is 13.6. The number of benzene rings is 1. The standard InChI is InChI=1S/C11H9ClN4OS/c12-7-2-1-6-3-10(17)16(9(6)4-7)5-8-11(13)18-15-14-8/h1-2,4H,3,5,13H2. The summed E-state index contributed by atoms with van der Waals surface area (Å²) in [6, 6.07) is 5.45. The third kappa shape index (κ3) is 1.83. The normalized spacial score (nSPS) is 14.1. The smallest absolute Gasteiger partial charge is 0.231 e. The number of hydrogen-bond donors (Lipinski definition) is 1. The summed E-state index contributed by atoms with van der Waals surface area (Å²) < 4.78 is 3.76. The zero-order valence-corrected chi connectivity index (χ0v) is 10.8. The molecule has 0 unspecified atom stereocenters. The van der Waals surface area contributed by atoms with Gasteiger partial charge in [-0.1, -0.05) is 22.2 Å². The van der Waals surface area contributed by atoms with Crippen LogP contribution in [-0.2, 0) is 17.8 Å². The van der Waals surface area contributed by atoms with Gasteiger partial charge in [-0.25, -0.2) is 0 Å². The Hall–Kier alpha value is -1.66. The first kappa shape index (κ1) is 11.4. The van der Waals surface area contributed by atoms with Gasteiger partial charge in [-0.05, 0) is 17.7 Å². The molecule has 5 nitrogen and oxygen atoms in total. The maximum absolute atomic E-state index is 12.0. The van der Waals surface area contributed by atoms with Crippen LogP contribution in [0.3, 0.4) is 0 Å². The number of fused-ring (bicyclic) bond motifs is 1. The molecule has 7 heteroatoms. The summed E-state index contributed by atoms with van der Waals surface area (Å²) in [6.07, 6.45) is 0.393. The number of carbonyl (C=O) groups excluding carboxylic acids is 1. The van der Waals surface area contributed by atoms with E-state index >= 15 is 0 Å². The van der Waals surface area contributed by atoms with Crippen LogP contribution in [0.2, 0.25) is 5.02 Å². The van der Waals surface area contributed by atoms with Crippen LogP contribution in [0.5, 0.6) is 0 Å². The van der Waals surface area contributed by atoms with Gasteiger partial charge in [0.2, 0.25) is 5.91 Å². The molecule has 0 bridgehead atoms. The Morgan fingerprint density at radius 1 is 1.50 bits per heavy atom. The lowest BCUT2D eigenvalue weighted by atomic mass is 10.2. The van der Waals surface area contributed by atoms with E-state index in [0.717, 1.165) is 22.8 Å². The topological polar surface area (TPSA) is 72.1 Å². The van der Waals surface area contributed by atoms with Crippen molar-refractivity contribution in [3.8, 4) is 0 Å². The van der Waals surface area contributed by atoms with Crippen LogP contribution >= 0.6 is 23.1 Å². The predicted octanol–water partition coefficient (Wildman–Crippen LogP) is 1.86. The Bertz CT molecular complexity index is 627. The number of rotatable bonds is 2. The average molecular weight is 281 g/mol. The van der Waals surface area contributed by atoms with Crippen molar-refractivity contribution in [1.29, 1.82) is 0 Å². The van der Waals surface area contributed by atoms with E-state index in [-0.39, 0.29) is 5.91 Å². The van der Waals surface area contributed by atoms with Crippen molar-refractivity contribution in [3.63, 3.8) is 0 Å². The zero-order valence-electron chi connectivity index (χ0n) is 9.26. The summed E-state index contributed by atoms with van der Waals surface area (Å²) in [7, 11) is 0. The molecule has 0 fully saturated rings. The fourth-order valence-electron chi connectivity index (χ4n) is 1.98. The Morgan fingerprint density at radius 2 is 2.33 bits per heavy atom. The van der Waals surface area contributed by atoms with Crippen molar-refractivity contribution < 1.29 is 4.79 Å². The van der Waals surface area contributed by atoms with E-state index in [4.69, 9.17) is 17.3 Å². The Kier molecular flexibility index (Phi) is 2.68. The second-order valence-electron chi connectivity index (χ2n) is 4.01. The number of hydrogen-bond acceptors (Lipinski definition) is 5. The minimum absolute atomic E-state index is 0.0275. The summed E-state index contributed by atoms with van der Waals surface area (Å²) in [5, 5.41) is 5.07. The van der Waals surface area contributed by atoms with Gasteiger partial charge in [0.25, 0.3) is 0 Å². The third-order valence-corrected chi connectivity index (χ3v) is 3.70. The summed E-state index contributed by atoms with van der Waals surface area (Å²) in [6.45, 7) is 0.342. The van der Waals surface area contributed by atoms with Gasteiger partial charge in [0.05, 0.1) is 13.0 Å². The van der Waals surface area contributed by atoms with Crippen molar-refractivity contribution in [2.45, 2.75) is 13.0 Å². The Balaban J connectivity index is 1.96. The second kappa shape index (κ2) is 4.22. The van der Waals surface area contributed by atoms with Gasteiger partial charge in [-0.2, -0.15) is 0 Å². The first-order valence-corrected chi connectivity index (χ1v) is 6.46. The van der Waals surface area contributed by atoms with Gasteiger partial charge in [0, 0.05) is 22.2 Å². The molecule has 1 aliphatic heterocycles. The second-order valence-corrected chi connectivity index (χ2v) is 5.24. The number of halogens is 1. The molecule has 0 spiro atoms. The number of anilines is 2. The number of aromatic nitrogens is 2. The molecule has 92 valence electrons. The van der Waals surface area contributed by atoms with E-state index in [9.17, 15) is 4.79 Å². The summed E-state index contributed by atoms with van der Waals surface area (Å²) in [5.41, 5.74) is 8.18. The van der Waals surface area contributed by atoms with Crippen molar-refractivity contribution in [1.82, 2.24) is 9.59 Å². The van der Waals surface area contributed by atoms with Crippen molar-refractivity contribution in [2.75, 3.05) is 10.6 Å². The zero-order chi connectivity index (χ0) is 12.7. The highest BCUT2D eigenvalue weighted by molar-refractivity contribution is 7.09. The molecule has 0 saturated heterocycles. The first-order chi connectivity index (χ1) is 8.65. The van der Waals surface area contributed by atoms with E-state index in [1.54, 1.807) is 17.0 Å². The summed E-state index contributed by atoms with van der Waals surface area (Å²) >= 11 is 7.09. The van der Waals surface area contributed by atoms with Gasteiger partial charge in [-0.15, -0.1) is 5.10 Å². The van der Waals surface area contributed by atoms with Gasteiger partial charge < -0.3 is 10.6 Å². The van der Waals surface area contributed by atoms with Crippen LogP contribution < -0.4 is 10.6 Å². The highest BCUT2D eigenvalue weighted by Crippen LogP contribution is 2.33. The van der Waals surface area contributed by atoms with Crippen molar-refractivity contribution in [2.24, 2.45) is 0 Å². The molecule has 3 rings (SSSR count). The largest absolute Gasteiger partial charge is 0.388 e. The highest BCUT2D eigenvalue weighted by Gasteiger charge is 2.28. The number of carbonyl (C=O) groups is 1. The molecule has 1 aliphatic rings. The molecule has 0 radical (unpaired) electrons. The SMILES string of the molecule is Nc1snnc1CN1C(=O)Cc2ccc(Cl)cc21. The van der Waals surface area contributed by atoms with Gasteiger partial charge in [0.1, 0.15) is 10.7 Å². The van der Waals surface area contributed by atoms with Crippen LogP contribution in [0.4, 0.5) is 10.7 Å². The quantitative estimate of drug-likeness (QED) is 0.911. The molecular weight excluding hydrogens is 272 g/mol. The molecule has 0 saturated carbocycles. The molecule has 0 aliphatic carbocycles. The van der Waals surface area contributed by atoms with Crippen molar-refractivity contribution >= 4 is 39.7 Å². The molecule has 0 atom stereocenters. The third-order valence-electron chi connectivity index (χ3n) is 2.87. The van der Waals surface area contributed by atoms with Crippen LogP contribution in [0.15, 0.2) is 18.2 Å². The van der Waals surface area contributed by atoms with Crippen LogP contribution in [-0.4, -0.2) is 15.5 Å². The van der Waals surface area contributed by atoms with E-state index in [2.05, 4.69) is 9.59 Å². The average Bonchev–Trinajstić information content (AvgIpc) is 2.86. The lowest BCUT2D eigenvalue weighted by Gasteiger charge is -2.16. The van der Waals surface area contributed by atoms with E-state index in [0.29, 0.717) is 28.7 Å². The lowest BCUT2D eigenvalue weighted by molar-refractivity contribution is -0.117. The maximum Gasteiger partial charge on any atom is 0.231 e. The fraction of sp³-hybridized carbons (Fsp3) is 0.182. The molecule has 2 N–H and O–H groups in total. The predicted molar refractivity (Wildman–Crippen MR) is 70.7 cm³/mol. The van der Waals surface area contributed by atoms with Crippen LogP contribution in [0, 0.1) is 0 Å². The molecule has 18 heavy (non-hydrogen) atoms.